The molecule has 0 saturated heterocycles. The topological polar surface area (TPSA) is 334 Å². The fourth-order valence-electron chi connectivity index (χ4n) is 8.59. The molecule has 422 valence electrons. The molecule has 0 heterocycles. The number of aliphatic hydroxyl groups excluding tert-OH is 1. The summed E-state index contributed by atoms with van der Waals surface area (Å²) in [4.78, 5) is 112. The molecule has 0 aliphatic heterocycles. The quantitative estimate of drug-likeness (QED) is 0.0230. The molecule has 0 saturated carbocycles. The zero-order valence-corrected chi connectivity index (χ0v) is 45.7. The van der Waals surface area contributed by atoms with Crippen LogP contribution in [0.1, 0.15) is 61.3 Å². The second-order valence-electron chi connectivity index (χ2n) is 19.3. The number of nitrogens with one attached hydrogen (secondary N) is 7. The van der Waals surface area contributed by atoms with Crippen LogP contribution >= 0.6 is 25.3 Å². The zero-order valence-electron chi connectivity index (χ0n) is 43.9. The first-order valence-corrected chi connectivity index (χ1v) is 27.1. The van der Waals surface area contributed by atoms with Gasteiger partial charge in [-0.1, -0.05) is 122 Å². The molecular formula is C57H71N9O11S2. The van der Waals surface area contributed by atoms with Gasteiger partial charge in [0.25, 0.3) is 0 Å². The molecule has 7 amide bonds. The van der Waals surface area contributed by atoms with Crippen LogP contribution < -0.4 is 48.7 Å². The number of hydrogen-bond acceptors (Lipinski definition) is 14. The van der Waals surface area contributed by atoms with E-state index in [1.54, 1.807) is 85.8 Å². The van der Waals surface area contributed by atoms with E-state index in [1.807, 2.05) is 36.4 Å². The minimum Gasteiger partial charge on any atom is -0.508 e. The Morgan fingerprint density at radius 3 is 1.46 bits per heavy atom. The third-order valence-corrected chi connectivity index (χ3v) is 14.0. The Bertz CT molecular complexity index is 2850. The number of aliphatic carboxylic acids is 1. The molecular weight excluding hydrogens is 1050 g/mol. The molecule has 5 aromatic carbocycles. The number of fused-ring (bicyclic) bond motifs is 1. The molecule has 79 heavy (non-hydrogen) atoms. The summed E-state index contributed by atoms with van der Waals surface area (Å²) in [6, 6.07) is 25.2. The maximum atomic E-state index is 15.0. The fraction of sp³-hybridized carbons (Fsp3) is 0.368. The highest BCUT2D eigenvalue weighted by Crippen LogP contribution is 2.25. The number of nitrogens with two attached hydrogens (primary N) is 2. The molecule has 0 radical (unpaired) electrons. The van der Waals surface area contributed by atoms with Crippen LogP contribution in [0.3, 0.4) is 0 Å². The molecule has 5 rings (SSSR count). The van der Waals surface area contributed by atoms with Crippen molar-refractivity contribution in [2.75, 3.05) is 18.1 Å². The molecule has 0 aliphatic carbocycles. The van der Waals surface area contributed by atoms with Crippen LogP contribution in [0.25, 0.3) is 10.8 Å². The first-order chi connectivity index (χ1) is 37.8. The number of phenols is 1. The van der Waals surface area contributed by atoms with Gasteiger partial charge in [0.2, 0.25) is 41.4 Å². The van der Waals surface area contributed by atoms with Gasteiger partial charge in [0.15, 0.2) is 0 Å². The molecule has 0 spiro atoms. The minimum absolute atomic E-state index is 0.00763. The number of carboxylic acid groups (broad SMARTS) is 1. The van der Waals surface area contributed by atoms with E-state index >= 15 is 4.79 Å². The largest absolute Gasteiger partial charge is 0.508 e. The number of aliphatic hydroxyl groups is 1. The fourth-order valence-corrected chi connectivity index (χ4v) is 9.00. The van der Waals surface area contributed by atoms with Crippen molar-refractivity contribution in [3.8, 4) is 5.75 Å². The first-order valence-electron chi connectivity index (χ1n) is 25.9. The van der Waals surface area contributed by atoms with Gasteiger partial charge in [0.05, 0.1) is 12.1 Å². The molecule has 20 nitrogen and oxygen atoms in total. The summed E-state index contributed by atoms with van der Waals surface area (Å²) in [6.45, 7) is 3.16. The van der Waals surface area contributed by atoms with Crippen molar-refractivity contribution in [1.82, 2.24) is 37.2 Å². The Hall–Kier alpha value is -7.50. The lowest BCUT2D eigenvalue weighted by atomic mass is 9.90. The van der Waals surface area contributed by atoms with E-state index in [0.29, 0.717) is 35.1 Å². The van der Waals surface area contributed by atoms with Gasteiger partial charge in [-0.05, 0) is 77.9 Å². The van der Waals surface area contributed by atoms with Gasteiger partial charge in [0, 0.05) is 36.7 Å². The summed E-state index contributed by atoms with van der Waals surface area (Å²) >= 11 is 8.17. The molecule has 0 fully saturated rings. The van der Waals surface area contributed by atoms with Crippen LogP contribution in [-0.4, -0.2) is 135 Å². The average molecular weight is 1120 g/mol. The molecule has 0 aliphatic rings. The summed E-state index contributed by atoms with van der Waals surface area (Å²) in [5.41, 5.74) is 14.2. The third-order valence-electron chi connectivity index (χ3n) is 13.2. The van der Waals surface area contributed by atoms with Crippen molar-refractivity contribution in [2.45, 2.75) is 113 Å². The summed E-state index contributed by atoms with van der Waals surface area (Å²) in [5, 5.41) is 51.0. The van der Waals surface area contributed by atoms with Gasteiger partial charge in [-0.15, -0.1) is 0 Å². The molecule has 10 atom stereocenters. The van der Waals surface area contributed by atoms with Crippen LogP contribution in [0, 0.1) is 0 Å². The van der Waals surface area contributed by atoms with Gasteiger partial charge in [-0.3, -0.25) is 33.6 Å². The van der Waals surface area contributed by atoms with Gasteiger partial charge < -0.3 is 64.0 Å². The third kappa shape index (κ3) is 19.1. The normalized spacial score (nSPS) is 15.0. The number of unbranched alkanes of at least 4 members (excludes halogenated alkanes) is 1. The van der Waals surface area contributed by atoms with E-state index in [2.05, 4.69) is 62.5 Å². The summed E-state index contributed by atoms with van der Waals surface area (Å²) in [7, 11) is 0. The predicted octanol–water partition coefficient (Wildman–Crippen LogP) is 1.55. The van der Waals surface area contributed by atoms with E-state index in [4.69, 9.17) is 11.5 Å². The number of carboxylic acids is 1. The number of carbonyl (C=O) groups is 8. The van der Waals surface area contributed by atoms with Crippen molar-refractivity contribution in [1.29, 1.82) is 0 Å². The Labute approximate surface area is 469 Å². The molecule has 22 heteroatoms. The van der Waals surface area contributed by atoms with Crippen molar-refractivity contribution in [3.63, 3.8) is 0 Å². The molecule has 0 bridgehead atoms. The van der Waals surface area contributed by atoms with Crippen LogP contribution in [0.2, 0.25) is 0 Å². The van der Waals surface area contributed by atoms with E-state index in [9.17, 15) is 48.9 Å². The lowest BCUT2D eigenvalue weighted by Gasteiger charge is -2.31. The second-order valence-corrected chi connectivity index (χ2v) is 20.0. The van der Waals surface area contributed by atoms with E-state index in [0.717, 1.165) is 10.8 Å². The van der Waals surface area contributed by atoms with Gasteiger partial charge in [-0.2, -0.15) is 25.3 Å². The monoisotopic (exact) mass is 1120 g/mol. The Balaban J connectivity index is 1.49. The second kappa shape index (κ2) is 31.2. The van der Waals surface area contributed by atoms with Crippen molar-refractivity contribution in [2.24, 2.45) is 11.5 Å². The number of amides is 7. The van der Waals surface area contributed by atoms with Crippen LogP contribution in [0.15, 0.2) is 127 Å². The summed E-state index contributed by atoms with van der Waals surface area (Å²) < 4.78 is 0. The summed E-state index contributed by atoms with van der Waals surface area (Å²) in [6.07, 6.45) is -1.14. The Morgan fingerprint density at radius 2 is 0.937 bits per heavy atom. The van der Waals surface area contributed by atoms with E-state index in [-0.39, 0.29) is 49.5 Å². The van der Waals surface area contributed by atoms with Gasteiger partial charge in [0.1, 0.15) is 48.0 Å². The molecule has 14 N–H and O–H groups in total. The zero-order chi connectivity index (χ0) is 57.6. The number of hydrogen-bond donors (Lipinski definition) is 14. The van der Waals surface area contributed by atoms with Gasteiger partial charge >= 0.3 is 5.97 Å². The lowest BCUT2D eigenvalue weighted by molar-refractivity contribution is -0.141. The minimum atomic E-state index is -1.71. The van der Waals surface area contributed by atoms with Crippen LogP contribution in [0.5, 0.6) is 5.75 Å². The van der Waals surface area contributed by atoms with Gasteiger partial charge in [-0.25, -0.2) is 4.79 Å². The average Bonchev–Trinajstić information content (AvgIpc) is 3.45. The molecule has 5 aromatic rings. The van der Waals surface area contributed by atoms with Crippen molar-refractivity contribution >= 4 is 83.3 Å². The lowest BCUT2D eigenvalue weighted by Crippen LogP contribution is -2.62. The maximum absolute atomic E-state index is 15.0. The van der Waals surface area contributed by atoms with E-state index < -0.39 is 108 Å². The number of thiol groups is 2. The number of carbonyl (C=O) groups excluding carboxylic acids is 7. The van der Waals surface area contributed by atoms with Crippen LogP contribution in [-0.2, 0) is 57.6 Å². The van der Waals surface area contributed by atoms with E-state index in [1.165, 1.54) is 19.1 Å². The van der Waals surface area contributed by atoms with Crippen LogP contribution in [0.4, 0.5) is 0 Å². The summed E-state index contributed by atoms with van der Waals surface area (Å²) in [5.74, 6) is -8.41. The highest BCUT2D eigenvalue weighted by Gasteiger charge is 2.37. The molecule has 0 aromatic heterocycles. The smallest absolute Gasteiger partial charge is 0.327 e. The maximum Gasteiger partial charge on any atom is 0.327 e. The number of benzene rings is 5. The Morgan fingerprint density at radius 1 is 0.494 bits per heavy atom. The number of aromatic hydroxyl groups is 1. The Kier molecular flexibility index (Phi) is 24.6. The number of phenolic OH excluding ortho intramolecular Hbond substituents is 1. The number of rotatable bonds is 30. The highest BCUT2D eigenvalue weighted by atomic mass is 32.1. The predicted molar refractivity (Wildman–Crippen MR) is 306 cm³/mol. The molecule has 0 unspecified atom stereocenters. The van der Waals surface area contributed by atoms with Crippen molar-refractivity contribution in [3.05, 3.63) is 150 Å². The highest BCUT2D eigenvalue weighted by molar-refractivity contribution is 7.80. The standard InChI is InChI=1S/C57H71N9O11S2/c1-33(39-23-22-38-17-9-10-18-40(38)30-39)48(65-54(73)46(29-37-20-24-41(68)25-21-37)62-52(71)44(61-50(69)42(59)31-78)27-35-13-5-3-6-14-35)55(74)60-43(19-11-12-26-58)51(70)66-49(34(2)67)56(75)63-45(28-36-15-7-4-8-16-36)53(72)64-47(32-79)57(76)77/h3-10,13-18,20-25,30,33-34,42-49,67-68,78-79H,11-12,19,26-29,31-32,58-59H2,1-2H3,(H,60,74)(H,61,69)(H,62,71)(H,63,75)(H,64,72)(H,65,73)(H,66,70)(H,76,77)/t33-,34-,42-,43+,44+,45+,46+,47+,48+,49+/m1/s1. The van der Waals surface area contributed by atoms with Crippen molar-refractivity contribution < 1.29 is 53.7 Å². The SMILES string of the molecule is C[C@H](c1ccc2ccccc2c1)[C@H](NC(=O)[C@H](Cc1ccc(O)cc1)NC(=O)[C@H](Cc1ccccc1)NC(=O)[C@H](N)CS)C(=O)N[C@@H](CCCCN)C(=O)N[C@H](C(=O)N[C@@H](Cc1ccccc1)C(=O)N[C@@H](CS)C(=O)O)[C@@H](C)O. The first kappa shape index (κ1) is 62.3.